The van der Waals surface area contributed by atoms with Crippen LogP contribution >= 0.6 is 0 Å². The number of hydrogen-bond acceptors (Lipinski definition) is 3. The predicted molar refractivity (Wildman–Crippen MR) is 111 cm³/mol. The number of rotatable bonds is 3. The van der Waals surface area contributed by atoms with Crippen molar-refractivity contribution < 1.29 is 13.5 Å². The van der Waals surface area contributed by atoms with Gasteiger partial charge in [-0.25, -0.2) is 12.7 Å². The van der Waals surface area contributed by atoms with E-state index in [9.17, 15) is 13.5 Å². The normalized spacial score (nSPS) is 35.5. The second-order valence-corrected chi connectivity index (χ2v) is 12.1. The Kier molecular flexibility index (Phi) is 3.99. The summed E-state index contributed by atoms with van der Waals surface area (Å²) in [5.74, 6) is 0.548. The predicted octanol–water partition coefficient (Wildman–Crippen LogP) is 3.56. The van der Waals surface area contributed by atoms with Crippen LogP contribution in [0.3, 0.4) is 0 Å². The monoisotopic (exact) mass is 401 g/mol. The van der Waals surface area contributed by atoms with Crippen molar-refractivity contribution in [2.24, 2.45) is 16.7 Å². The van der Waals surface area contributed by atoms with Gasteiger partial charge >= 0.3 is 0 Å². The molecule has 1 unspecified atom stereocenters. The van der Waals surface area contributed by atoms with E-state index in [-0.39, 0.29) is 16.6 Å². The van der Waals surface area contributed by atoms with Crippen LogP contribution in [0.25, 0.3) is 6.08 Å². The zero-order valence-corrected chi connectivity index (χ0v) is 17.7. The lowest BCUT2D eigenvalue weighted by atomic mass is 9.70. The number of fused-ring (bicyclic) bond motifs is 4. The molecule has 1 aromatic carbocycles. The highest BCUT2D eigenvalue weighted by atomic mass is 32.2. The maximum absolute atomic E-state index is 13.4. The molecule has 1 aliphatic heterocycles. The summed E-state index contributed by atoms with van der Waals surface area (Å²) in [5, 5.41) is 10.8. The lowest BCUT2D eigenvalue weighted by molar-refractivity contribution is 0.0143. The highest BCUT2D eigenvalue weighted by Crippen LogP contribution is 2.66. The van der Waals surface area contributed by atoms with Crippen molar-refractivity contribution in [1.82, 2.24) is 4.31 Å². The molecule has 3 atom stereocenters. The molecule has 1 N–H and O–H groups in total. The second kappa shape index (κ2) is 5.93. The maximum atomic E-state index is 13.4. The van der Waals surface area contributed by atoms with E-state index in [1.165, 1.54) is 11.1 Å². The Morgan fingerprint density at radius 3 is 2.50 bits per heavy atom. The zero-order chi connectivity index (χ0) is 19.8. The molecule has 152 valence electrons. The summed E-state index contributed by atoms with van der Waals surface area (Å²) in [5.41, 5.74) is 2.02. The maximum Gasteiger partial charge on any atom is 0.214 e. The van der Waals surface area contributed by atoms with Crippen molar-refractivity contribution in [2.45, 2.75) is 57.5 Å². The number of piperidine rings is 1. The molecule has 1 saturated heterocycles. The largest absolute Gasteiger partial charge is 0.392 e. The van der Waals surface area contributed by atoms with Crippen LogP contribution in [0, 0.1) is 16.7 Å². The molecule has 4 aliphatic rings. The quantitative estimate of drug-likeness (QED) is 0.842. The Bertz CT molecular complexity index is 927. The van der Waals surface area contributed by atoms with Gasteiger partial charge in [-0.05, 0) is 54.6 Å². The van der Waals surface area contributed by atoms with Gasteiger partial charge < -0.3 is 5.11 Å². The van der Waals surface area contributed by atoms with Crippen molar-refractivity contribution in [1.29, 1.82) is 0 Å². The number of allylic oxidation sites excluding steroid dienone is 1. The molecule has 1 spiro atoms. The van der Waals surface area contributed by atoms with E-state index in [1.54, 1.807) is 4.31 Å². The average molecular weight is 402 g/mol. The van der Waals surface area contributed by atoms with Crippen molar-refractivity contribution in [3.8, 4) is 0 Å². The molecule has 2 saturated carbocycles. The summed E-state index contributed by atoms with van der Waals surface area (Å²) in [4.78, 5) is 0. The van der Waals surface area contributed by atoms with Crippen molar-refractivity contribution in [3.63, 3.8) is 0 Å². The molecule has 5 rings (SSSR count). The average Bonchev–Trinajstić information content (AvgIpc) is 3.19. The number of nitrogens with zero attached hydrogens (tertiary/aromatic N) is 1. The van der Waals surface area contributed by atoms with E-state index in [2.05, 4.69) is 50.3 Å². The molecule has 1 aromatic rings. The van der Waals surface area contributed by atoms with Gasteiger partial charge in [-0.2, -0.15) is 0 Å². The SMILES string of the molecule is CC1(C)C2CC[C@]1(CS(=O)(=O)N1CCC3(C=Cc4ccccc43)CC1)[C@H](O)C2. The van der Waals surface area contributed by atoms with E-state index in [4.69, 9.17) is 0 Å². The van der Waals surface area contributed by atoms with Crippen LogP contribution in [-0.4, -0.2) is 42.8 Å². The first-order valence-corrected chi connectivity index (χ1v) is 12.3. The van der Waals surface area contributed by atoms with Crippen molar-refractivity contribution >= 4 is 16.1 Å². The summed E-state index contributed by atoms with van der Waals surface area (Å²) in [7, 11) is -3.39. The molecular weight excluding hydrogens is 370 g/mol. The Hall–Kier alpha value is -1.17. The van der Waals surface area contributed by atoms with Gasteiger partial charge in [0.2, 0.25) is 10.0 Å². The fourth-order valence-electron chi connectivity index (χ4n) is 6.83. The van der Waals surface area contributed by atoms with Gasteiger partial charge in [-0.1, -0.05) is 50.3 Å². The number of sulfonamides is 1. The molecule has 2 bridgehead atoms. The van der Waals surface area contributed by atoms with Crippen LogP contribution in [0.2, 0.25) is 0 Å². The van der Waals surface area contributed by atoms with Crippen LogP contribution in [-0.2, 0) is 15.4 Å². The molecule has 0 aromatic heterocycles. The van der Waals surface area contributed by atoms with Crippen LogP contribution in [0.4, 0.5) is 0 Å². The Labute approximate surface area is 168 Å². The highest BCUT2D eigenvalue weighted by molar-refractivity contribution is 7.89. The first-order chi connectivity index (χ1) is 13.2. The van der Waals surface area contributed by atoms with Crippen molar-refractivity contribution in [3.05, 3.63) is 41.5 Å². The van der Waals surface area contributed by atoms with Gasteiger partial charge in [0.15, 0.2) is 0 Å². The molecule has 3 fully saturated rings. The minimum absolute atomic E-state index is 0.00844. The van der Waals surface area contributed by atoms with Gasteiger partial charge in [0, 0.05) is 23.9 Å². The van der Waals surface area contributed by atoms with Crippen LogP contribution in [0.1, 0.15) is 57.1 Å². The lowest BCUT2D eigenvalue weighted by Crippen LogP contribution is -2.51. The van der Waals surface area contributed by atoms with E-state index >= 15 is 0 Å². The molecule has 0 amide bonds. The van der Waals surface area contributed by atoms with Gasteiger partial charge in [-0.3, -0.25) is 0 Å². The fraction of sp³-hybridized carbons (Fsp3) is 0.652. The minimum Gasteiger partial charge on any atom is -0.392 e. The number of benzene rings is 1. The fourth-order valence-corrected chi connectivity index (χ4v) is 9.11. The van der Waals surface area contributed by atoms with Gasteiger partial charge in [0.1, 0.15) is 0 Å². The lowest BCUT2D eigenvalue weighted by Gasteiger charge is -2.43. The standard InChI is InChI=1S/C23H31NO3S/c1-21(2)18-8-10-23(21,20(25)15-18)16-28(26,27)24-13-11-22(12-14-24)9-7-17-5-3-4-6-19(17)22/h3-7,9,18,20,25H,8,10-16H2,1-2H3/t18?,20-,23+/m1/s1. The van der Waals surface area contributed by atoms with Gasteiger partial charge in [-0.15, -0.1) is 0 Å². The van der Waals surface area contributed by atoms with Crippen LogP contribution < -0.4 is 0 Å². The third-order valence-corrected chi connectivity index (χ3v) is 10.9. The van der Waals surface area contributed by atoms with Crippen LogP contribution in [0.5, 0.6) is 0 Å². The molecule has 0 radical (unpaired) electrons. The third-order valence-electron chi connectivity index (χ3n) is 8.92. The smallest absolute Gasteiger partial charge is 0.214 e. The summed E-state index contributed by atoms with van der Waals surface area (Å²) in [6.07, 6.45) is 8.29. The third kappa shape index (κ3) is 2.39. The zero-order valence-electron chi connectivity index (χ0n) is 16.9. The minimum atomic E-state index is -3.39. The Balaban J connectivity index is 1.35. The Morgan fingerprint density at radius 2 is 1.86 bits per heavy atom. The van der Waals surface area contributed by atoms with Gasteiger partial charge in [0.05, 0.1) is 11.9 Å². The molecule has 5 heteroatoms. The van der Waals surface area contributed by atoms with Crippen LogP contribution in [0.15, 0.2) is 30.3 Å². The van der Waals surface area contributed by atoms with Crippen molar-refractivity contribution in [2.75, 3.05) is 18.8 Å². The van der Waals surface area contributed by atoms with E-state index < -0.39 is 21.5 Å². The summed E-state index contributed by atoms with van der Waals surface area (Å²) in [6, 6.07) is 8.47. The highest BCUT2D eigenvalue weighted by Gasteiger charge is 2.65. The van der Waals surface area contributed by atoms with Gasteiger partial charge in [0.25, 0.3) is 0 Å². The van der Waals surface area contributed by atoms with E-state index in [1.807, 2.05) is 0 Å². The second-order valence-electron chi connectivity index (χ2n) is 10.1. The first-order valence-electron chi connectivity index (χ1n) is 10.6. The summed E-state index contributed by atoms with van der Waals surface area (Å²) >= 11 is 0. The topological polar surface area (TPSA) is 57.6 Å². The first kappa shape index (κ1) is 18.8. The molecular formula is C23H31NO3S. The Morgan fingerprint density at radius 1 is 1.14 bits per heavy atom. The van der Waals surface area contributed by atoms with E-state index in [0.717, 1.165) is 32.1 Å². The molecule has 1 heterocycles. The number of aliphatic hydroxyl groups is 1. The number of hydrogen-bond donors (Lipinski definition) is 1. The summed E-state index contributed by atoms with van der Waals surface area (Å²) in [6.45, 7) is 5.47. The number of aliphatic hydroxyl groups excluding tert-OH is 1. The van der Waals surface area contributed by atoms with E-state index in [0.29, 0.717) is 19.0 Å². The molecule has 4 nitrogen and oxygen atoms in total. The summed E-state index contributed by atoms with van der Waals surface area (Å²) < 4.78 is 28.5. The molecule has 3 aliphatic carbocycles. The molecule has 28 heavy (non-hydrogen) atoms.